The Bertz CT molecular complexity index is 572. The van der Waals surface area contributed by atoms with Gasteiger partial charge in [-0.2, -0.15) is 0 Å². The molecule has 0 saturated heterocycles. The van der Waals surface area contributed by atoms with E-state index in [-0.39, 0.29) is 5.92 Å². The summed E-state index contributed by atoms with van der Waals surface area (Å²) >= 11 is 0. The fraction of sp³-hybridized carbons (Fsp3) is 0.421. The highest BCUT2D eigenvalue weighted by molar-refractivity contribution is 5.69. The molecule has 1 N–H and O–H groups in total. The minimum atomic E-state index is -0.669. The van der Waals surface area contributed by atoms with Gasteiger partial charge in [0.2, 0.25) is 0 Å². The number of hydrogen-bond acceptors (Lipinski definition) is 3. The van der Waals surface area contributed by atoms with Crippen LogP contribution in [0.1, 0.15) is 43.2 Å². The van der Waals surface area contributed by atoms with Crippen LogP contribution in [-0.2, 0) is 17.6 Å². The minimum absolute atomic E-state index is 0.236. The number of carbonyl (C=O) groups is 1. The molecule has 2 rings (SSSR count). The Kier molecular flexibility index (Phi) is 7.24. The molecule has 0 aliphatic carbocycles. The summed E-state index contributed by atoms with van der Waals surface area (Å²) in [5, 5.41) is 9.36. The van der Waals surface area contributed by atoms with E-state index in [0.29, 0.717) is 0 Å². The predicted octanol–water partition coefficient (Wildman–Crippen LogP) is 3.91. The zero-order valence-corrected chi connectivity index (χ0v) is 13.4. The first-order chi connectivity index (χ1) is 11.3. The van der Waals surface area contributed by atoms with E-state index < -0.39 is 5.97 Å². The molecule has 23 heavy (non-hydrogen) atoms. The van der Waals surface area contributed by atoms with Gasteiger partial charge in [-0.25, -0.2) is 0 Å². The van der Waals surface area contributed by atoms with Crippen molar-refractivity contribution in [2.24, 2.45) is 5.92 Å². The maximum absolute atomic E-state index is 11.4. The minimum Gasteiger partial charge on any atom is -0.481 e. The number of carboxylic acid groups (broad SMARTS) is 1. The maximum Gasteiger partial charge on any atom is 0.306 e. The molecule has 0 bridgehead atoms. The van der Waals surface area contributed by atoms with E-state index in [1.165, 1.54) is 11.1 Å². The van der Waals surface area contributed by atoms with E-state index in [2.05, 4.69) is 16.0 Å². The first-order valence-electron chi connectivity index (χ1n) is 8.26. The molecular formula is C19H24N2O2. The summed E-state index contributed by atoms with van der Waals surface area (Å²) in [5.41, 5.74) is 2.39. The average Bonchev–Trinajstić information content (AvgIpc) is 2.58. The molecule has 1 atom stereocenters. The number of unbranched alkanes of at least 4 members (excludes halogenated alkanes) is 1. The van der Waals surface area contributed by atoms with Crippen molar-refractivity contribution in [3.05, 3.63) is 60.2 Å². The van der Waals surface area contributed by atoms with E-state index >= 15 is 0 Å². The maximum atomic E-state index is 11.4. The second-order valence-electron chi connectivity index (χ2n) is 5.90. The third kappa shape index (κ3) is 6.59. The summed E-state index contributed by atoms with van der Waals surface area (Å²) in [4.78, 5) is 19.6. The molecule has 0 aromatic carbocycles. The monoisotopic (exact) mass is 312 g/mol. The van der Waals surface area contributed by atoms with Gasteiger partial charge in [-0.1, -0.05) is 18.6 Å². The van der Waals surface area contributed by atoms with Crippen LogP contribution in [0.2, 0.25) is 0 Å². The third-order valence-corrected chi connectivity index (χ3v) is 4.08. The van der Waals surface area contributed by atoms with Crippen molar-refractivity contribution in [1.29, 1.82) is 0 Å². The topological polar surface area (TPSA) is 63.1 Å². The molecule has 1 unspecified atom stereocenters. The molecule has 0 aliphatic heterocycles. The SMILES string of the molecule is O=C(O)C(CCCCc1cccnc1)CCCc1cccnc1. The van der Waals surface area contributed by atoms with Crippen molar-refractivity contribution >= 4 is 5.97 Å². The largest absolute Gasteiger partial charge is 0.481 e. The fourth-order valence-corrected chi connectivity index (χ4v) is 2.76. The van der Waals surface area contributed by atoms with Gasteiger partial charge in [-0.3, -0.25) is 14.8 Å². The van der Waals surface area contributed by atoms with Crippen LogP contribution in [0.4, 0.5) is 0 Å². The normalized spacial score (nSPS) is 12.0. The Balaban J connectivity index is 1.66. The highest BCUT2D eigenvalue weighted by atomic mass is 16.4. The van der Waals surface area contributed by atoms with E-state index in [1.807, 2.05) is 30.6 Å². The summed E-state index contributed by atoms with van der Waals surface area (Å²) in [6.07, 6.45) is 13.5. The molecule has 0 aliphatic rings. The van der Waals surface area contributed by atoms with Crippen LogP contribution < -0.4 is 0 Å². The van der Waals surface area contributed by atoms with Crippen LogP contribution in [0.5, 0.6) is 0 Å². The summed E-state index contributed by atoms with van der Waals surface area (Å²) < 4.78 is 0. The average molecular weight is 312 g/mol. The van der Waals surface area contributed by atoms with Crippen LogP contribution >= 0.6 is 0 Å². The lowest BCUT2D eigenvalue weighted by molar-refractivity contribution is -0.142. The molecule has 2 heterocycles. The number of hydrogen-bond donors (Lipinski definition) is 1. The molecule has 0 amide bonds. The lowest BCUT2D eigenvalue weighted by Crippen LogP contribution is -2.14. The van der Waals surface area contributed by atoms with Crippen LogP contribution in [0.15, 0.2) is 49.1 Å². The third-order valence-electron chi connectivity index (χ3n) is 4.08. The standard InChI is InChI=1S/C19H24N2O2/c22-19(23)18(11-3-7-17-9-5-13-21-15-17)10-2-1-6-16-8-4-12-20-14-16/h4-5,8-9,12-15,18H,1-3,6-7,10-11H2,(H,22,23). The Morgan fingerprint density at radius 2 is 1.48 bits per heavy atom. The highest BCUT2D eigenvalue weighted by Gasteiger charge is 2.16. The molecule has 0 saturated carbocycles. The molecule has 0 radical (unpaired) electrons. The van der Waals surface area contributed by atoms with E-state index in [1.54, 1.807) is 12.4 Å². The van der Waals surface area contributed by atoms with Gasteiger partial charge in [0.25, 0.3) is 0 Å². The summed E-state index contributed by atoms with van der Waals surface area (Å²) in [5.74, 6) is -0.905. The number of carboxylic acids is 1. The quantitative estimate of drug-likeness (QED) is 0.676. The first-order valence-corrected chi connectivity index (χ1v) is 8.26. The van der Waals surface area contributed by atoms with Crippen molar-refractivity contribution in [3.8, 4) is 0 Å². The molecule has 0 fully saturated rings. The predicted molar refractivity (Wildman–Crippen MR) is 90.1 cm³/mol. The Labute approximate surface area is 137 Å². The van der Waals surface area contributed by atoms with Gasteiger partial charge in [0.05, 0.1) is 5.92 Å². The van der Waals surface area contributed by atoms with Gasteiger partial charge in [0.15, 0.2) is 0 Å². The van der Waals surface area contributed by atoms with Crippen molar-refractivity contribution in [3.63, 3.8) is 0 Å². The van der Waals surface area contributed by atoms with Crippen LogP contribution in [0.3, 0.4) is 0 Å². The molecule has 4 nitrogen and oxygen atoms in total. The number of nitrogens with zero attached hydrogens (tertiary/aromatic N) is 2. The highest BCUT2D eigenvalue weighted by Crippen LogP contribution is 2.18. The van der Waals surface area contributed by atoms with Crippen LogP contribution in [-0.4, -0.2) is 21.0 Å². The van der Waals surface area contributed by atoms with Gasteiger partial charge in [-0.05, 0) is 61.8 Å². The lowest BCUT2D eigenvalue weighted by atomic mass is 9.94. The number of aromatic nitrogens is 2. The van der Waals surface area contributed by atoms with Gasteiger partial charge in [-0.15, -0.1) is 0 Å². The van der Waals surface area contributed by atoms with Crippen LogP contribution in [0, 0.1) is 5.92 Å². The Morgan fingerprint density at radius 1 is 0.913 bits per heavy atom. The van der Waals surface area contributed by atoms with Crippen molar-refractivity contribution < 1.29 is 9.90 Å². The van der Waals surface area contributed by atoms with Gasteiger partial charge >= 0.3 is 5.97 Å². The molecular weight excluding hydrogens is 288 g/mol. The summed E-state index contributed by atoms with van der Waals surface area (Å²) in [6.45, 7) is 0. The molecule has 4 heteroatoms. The Hall–Kier alpha value is -2.23. The van der Waals surface area contributed by atoms with Crippen molar-refractivity contribution in [2.75, 3.05) is 0 Å². The first kappa shape index (κ1) is 17.1. The summed E-state index contributed by atoms with van der Waals surface area (Å²) in [7, 11) is 0. The number of rotatable bonds is 10. The smallest absolute Gasteiger partial charge is 0.306 e. The molecule has 122 valence electrons. The van der Waals surface area contributed by atoms with E-state index in [9.17, 15) is 9.90 Å². The van der Waals surface area contributed by atoms with Crippen LogP contribution in [0.25, 0.3) is 0 Å². The summed E-state index contributed by atoms with van der Waals surface area (Å²) in [6, 6.07) is 7.96. The van der Waals surface area contributed by atoms with Crippen molar-refractivity contribution in [1.82, 2.24) is 9.97 Å². The molecule has 2 aromatic rings. The number of aliphatic carboxylic acids is 1. The molecule has 2 aromatic heterocycles. The van der Waals surface area contributed by atoms with E-state index in [0.717, 1.165) is 44.9 Å². The van der Waals surface area contributed by atoms with Gasteiger partial charge in [0, 0.05) is 24.8 Å². The number of pyridine rings is 2. The van der Waals surface area contributed by atoms with Gasteiger partial charge in [0.1, 0.15) is 0 Å². The zero-order chi connectivity index (χ0) is 16.3. The second kappa shape index (κ2) is 9.72. The fourth-order valence-electron chi connectivity index (χ4n) is 2.76. The van der Waals surface area contributed by atoms with Crippen molar-refractivity contribution in [2.45, 2.75) is 44.9 Å². The van der Waals surface area contributed by atoms with Gasteiger partial charge < -0.3 is 5.11 Å². The second-order valence-corrected chi connectivity index (χ2v) is 5.90. The molecule has 0 spiro atoms. The lowest BCUT2D eigenvalue weighted by Gasteiger charge is -2.12. The Morgan fingerprint density at radius 3 is 2.00 bits per heavy atom. The number of aryl methyl sites for hydroxylation is 2. The van der Waals surface area contributed by atoms with E-state index in [4.69, 9.17) is 0 Å². The zero-order valence-electron chi connectivity index (χ0n) is 13.4.